The molecule has 5 nitrogen and oxygen atoms in total. The van der Waals surface area contributed by atoms with Crippen LogP contribution in [0.2, 0.25) is 0 Å². The maximum absolute atomic E-state index is 14.0. The third-order valence-corrected chi connectivity index (χ3v) is 6.42. The van der Waals surface area contributed by atoms with Gasteiger partial charge in [0, 0.05) is 31.8 Å². The van der Waals surface area contributed by atoms with Crippen LogP contribution in [-0.2, 0) is 10.0 Å². The Bertz CT molecular complexity index is 1020. The summed E-state index contributed by atoms with van der Waals surface area (Å²) in [4.78, 5) is 4.22. The Labute approximate surface area is 158 Å². The summed E-state index contributed by atoms with van der Waals surface area (Å²) in [6, 6.07) is 15.8. The Kier molecular flexibility index (Phi) is 4.47. The summed E-state index contributed by atoms with van der Waals surface area (Å²) in [6.45, 7) is 4.18. The van der Waals surface area contributed by atoms with E-state index in [0.29, 0.717) is 48.8 Å². The number of nitrogens with zero attached hydrogens (tertiary/aromatic N) is 3. The monoisotopic (exact) mass is 385 g/mol. The van der Waals surface area contributed by atoms with Crippen molar-refractivity contribution in [1.29, 1.82) is 0 Å². The van der Waals surface area contributed by atoms with E-state index in [0.717, 1.165) is 0 Å². The van der Waals surface area contributed by atoms with E-state index < -0.39 is 10.0 Å². The van der Waals surface area contributed by atoms with Gasteiger partial charge in [-0.25, -0.2) is 4.39 Å². The number of anilines is 1. The quantitative estimate of drug-likeness (QED) is 0.797. The van der Waals surface area contributed by atoms with E-state index in [1.165, 1.54) is 6.07 Å². The molecule has 0 atom stereocenters. The first-order valence-electron chi connectivity index (χ1n) is 8.83. The Hall–Kier alpha value is -2.67. The fourth-order valence-electron chi connectivity index (χ4n) is 3.64. The highest BCUT2D eigenvalue weighted by atomic mass is 32.2. The van der Waals surface area contributed by atoms with Crippen molar-refractivity contribution >= 4 is 26.5 Å². The highest BCUT2D eigenvalue weighted by Gasteiger charge is 2.34. The van der Waals surface area contributed by atoms with Gasteiger partial charge in [-0.3, -0.25) is 0 Å². The molecule has 0 unspecified atom stereocenters. The molecule has 2 aliphatic rings. The Morgan fingerprint density at radius 3 is 2.15 bits per heavy atom. The molecule has 1 saturated heterocycles. The summed E-state index contributed by atoms with van der Waals surface area (Å²) in [5, 5.41) is 0. The minimum Gasteiger partial charge on any atom is -0.366 e. The van der Waals surface area contributed by atoms with Crippen molar-refractivity contribution in [2.75, 3.05) is 31.1 Å². The van der Waals surface area contributed by atoms with E-state index in [1.54, 1.807) is 31.2 Å². The minimum atomic E-state index is -3.71. The number of hydrogen-bond donors (Lipinski definition) is 0. The van der Waals surface area contributed by atoms with E-state index in [4.69, 9.17) is 0 Å². The zero-order valence-corrected chi connectivity index (χ0v) is 15.8. The smallest absolute Gasteiger partial charge is 0.285 e. The summed E-state index contributed by atoms with van der Waals surface area (Å²) >= 11 is 0. The van der Waals surface area contributed by atoms with Crippen molar-refractivity contribution in [3.8, 4) is 0 Å². The highest BCUT2D eigenvalue weighted by molar-refractivity contribution is 8.00. The van der Waals surface area contributed by atoms with Crippen molar-refractivity contribution in [2.45, 2.75) is 6.92 Å². The predicted octanol–water partition coefficient (Wildman–Crippen LogP) is 3.12. The summed E-state index contributed by atoms with van der Waals surface area (Å²) in [7, 11) is -3.71. The summed E-state index contributed by atoms with van der Waals surface area (Å²) in [5.74, 6) is 0.260. The molecule has 0 bridgehead atoms. The number of halogens is 1. The topological polar surface area (TPSA) is 53.0 Å². The normalized spacial score (nSPS) is 19.4. The second-order valence-corrected chi connectivity index (χ2v) is 8.18. The van der Waals surface area contributed by atoms with Gasteiger partial charge in [-0.05, 0) is 24.6 Å². The van der Waals surface area contributed by atoms with Crippen LogP contribution in [0.25, 0.3) is 4.91 Å². The van der Waals surface area contributed by atoms with Gasteiger partial charge in [0.25, 0.3) is 10.0 Å². The van der Waals surface area contributed by atoms with Gasteiger partial charge in [0.05, 0.1) is 5.69 Å². The number of hydrogen-bond acceptors (Lipinski definition) is 4. The SMILES string of the molecule is CC1=C(c2ccccc2)S(=O)(=O)N=C1N1CCN(c2ccccc2F)CC1. The largest absolute Gasteiger partial charge is 0.366 e. The molecule has 140 valence electrons. The fraction of sp³-hybridized carbons (Fsp3) is 0.250. The molecule has 0 saturated carbocycles. The number of piperazine rings is 1. The Morgan fingerprint density at radius 2 is 1.48 bits per heavy atom. The van der Waals surface area contributed by atoms with E-state index in [2.05, 4.69) is 4.40 Å². The number of para-hydroxylation sites is 1. The number of amidine groups is 1. The molecule has 0 amide bonds. The molecule has 0 aliphatic carbocycles. The number of benzene rings is 2. The lowest BCUT2D eigenvalue weighted by molar-refractivity contribution is 0.384. The first kappa shape index (κ1) is 17.7. The number of sulfonamides is 1. The molecule has 27 heavy (non-hydrogen) atoms. The van der Waals surface area contributed by atoms with E-state index >= 15 is 0 Å². The van der Waals surface area contributed by atoms with Gasteiger partial charge in [-0.2, -0.15) is 8.42 Å². The van der Waals surface area contributed by atoms with Gasteiger partial charge in [0.2, 0.25) is 0 Å². The maximum Gasteiger partial charge on any atom is 0.285 e. The third-order valence-electron chi connectivity index (χ3n) is 4.95. The first-order valence-corrected chi connectivity index (χ1v) is 10.3. The van der Waals surface area contributed by atoms with E-state index in [9.17, 15) is 12.8 Å². The highest BCUT2D eigenvalue weighted by Crippen LogP contribution is 2.34. The molecular weight excluding hydrogens is 365 g/mol. The van der Waals surface area contributed by atoms with Gasteiger partial charge in [0.1, 0.15) is 16.6 Å². The minimum absolute atomic E-state index is 0.242. The Balaban J connectivity index is 1.57. The van der Waals surface area contributed by atoms with Gasteiger partial charge in [-0.1, -0.05) is 42.5 Å². The van der Waals surface area contributed by atoms with Crippen molar-refractivity contribution in [2.24, 2.45) is 4.40 Å². The van der Waals surface area contributed by atoms with E-state index in [1.807, 2.05) is 34.1 Å². The zero-order valence-electron chi connectivity index (χ0n) is 15.0. The Morgan fingerprint density at radius 1 is 0.889 bits per heavy atom. The predicted molar refractivity (Wildman–Crippen MR) is 106 cm³/mol. The van der Waals surface area contributed by atoms with Gasteiger partial charge in [-0.15, -0.1) is 4.40 Å². The second kappa shape index (κ2) is 6.81. The molecule has 2 heterocycles. The second-order valence-electron chi connectivity index (χ2n) is 6.64. The first-order chi connectivity index (χ1) is 13.0. The van der Waals surface area contributed by atoms with Gasteiger partial charge in [0.15, 0.2) is 0 Å². The molecule has 2 aromatic carbocycles. The average molecular weight is 385 g/mol. The van der Waals surface area contributed by atoms with Crippen molar-refractivity contribution in [3.63, 3.8) is 0 Å². The number of rotatable bonds is 2. The molecule has 2 aliphatic heterocycles. The van der Waals surface area contributed by atoms with E-state index in [-0.39, 0.29) is 10.7 Å². The van der Waals surface area contributed by atoms with Crippen LogP contribution in [-0.4, -0.2) is 45.3 Å². The zero-order chi connectivity index (χ0) is 19.0. The summed E-state index contributed by atoms with van der Waals surface area (Å²) in [5.41, 5.74) is 1.90. The summed E-state index contributed by atoms with van der Waals surface area (Å²) < 4.78 is 43.3. The molecule has 7 heteroatoms. The lowest BCUT2D eigenvalue weighted by atomic mass is 10.1. The maximum atomic E-state index is 14.0. The van der Waals surface area contributed by atoms with Crippen LogP contribution in [0.3, 0.4) is 0 Å². The van der Waals surface area contributed by atoms with Crippen LogP contribution >= 0.6 is 0 Å². The molecule has 0 spiro atoms. The molecule has 2 aromatic rings. The van der Waals surface area contributed by atoms with Crippen LogP contribution in [0, 0.1) is 5.82 Å². The van der Waals surface area contributed by atoms with Crippen LogP contribution in [0.15, 0.2) is 64.6 Å². The summed E-state index contributed by atoms with van der Waals surface area (Å²) in [6.07, 6.45) is 0. The molecule has 1 fully saturated rings. The van der Waals surface area contributed by atoms with Crippen molar-refractivity contribution in [1.82, 2.24) is 4.90 Å². The lowest BCUT2D eigenvalue weighted by Gasteiger charge is -2.37. The van der Waals surface area contributed by atoms with Crippen molar-refractivity contribution in [3.05, 3.63) is 71.6 Å². The van der Waals surface area contributed by atoms with Crippen molar-refractivity contribution < 1.29 is 12.8 Å². The average Bonchev–Trinajstić information content (AvgIpc) is 2.92. The lowest BCUT2D eigenvalue weighted by Crippen LogP contribution is -2.49. The van der Waals surface area contributed by atoms with Gasteiger partial charge < -0.3 is 9.80 Å². The van der Waals surface area contributed by atoms with Crippen LogP contribution < -0.4 is 4.90 Å². The fourth-order valence-corrected chi connectivity index (χ4v) is 5.12. The standard InChI is InChI=1S/C20H20FN3O2S/c1-15-19(16-7-3-2-4-8-16)27(25,26)22-20(15)24-13-11-23(12-14-24)18-10-6-5-9-17(18)21/h2-10H,11-14H2,1H3. The van der Waals surface area contributed by atoms with Crippen LogP contribution in [0.5, 0.6) is 0 Å². The molecule has 0 N–H and O–H groups in total. The van der Waals surface area contributed by atoms with Crippen LogP contribution in [0.1, 0.15) is 12.5 Å². The molecule has 0 radical (unpaired) electrons. The van der Waals surface area contributed by atoms with Gasteiger partial charge >= 0.3 is 0 Å². The van der Waals surface area contributed by atoms with Crippen LogP contribution in [0.4, 0.5) is 10.1 Å². The molecule has 4 rings (SSSR count). The molecule has 0 aromatic heterocycles. The molecular formula is C20H20FN3O2S. The third kappa shape index (κ3) is 3.23.